The van der Waals surface area contributed by atoms with E-state index in [0.29, 0.717) is 6.42 Å². The number of alkyl halides is 2. The molecule has 0 amide bonds. The van der Waals surface area contributed by atoms with Gasteiger partial charge in [0.05, 0.1) is 5.02 Å². The van der Waals surface area contributed by atoms with Gasteiger partial charge >= 0.3 is 6.29 Å². The zero-order valence-corrected chi connectivity index (χ0v) is 11.5. The first-order valence-electron chi connectivity index (χ1n) is 5.77. The van der Waals surface area contributed by atoms with Crippen LogP contribution in [0.1, 0.15) is 38.8 Å². The van der Waals surface area contributed by atoms with Crippen LogP contribution < -0.4 is 9.47 Å². The highest BCUT2D eigenvalue weighted by atomic mass is 35.5. The van der Waals surface area contributed by atoms with Crippen molar-refractivity contribution in [2.75, 3.05) is 0 Å². The lowest BCUT2D eigenvalue weighted by Gasteiger charge is -2.23. The van der Waals surface area contributed by atoms with Gasteiger partial charge < -0.3 is 9.47 Å². The van der Waals surface area contributed by atoms with E-state index in [4.69, 9.17) is 11.6 Å². The van der Waals surface area contributed by atoms with E-state index in [1.54, 1.807) is 6.07 Å². The van der Waals surface area contributed by atoms with Gasteiger partial charge in [-0.25, -0.2) is 0 Å². The zero-order chi connectivity index (χ0) is 13.7. The Kier molecular flexibility index (Phi) is 2.97. The molecule has 1 heterocycles. The Bertz CT molecular complexity index is 493. The first-order chi connectivity index (χ1) is 8.15. The maximum Gasteiger partial charge on any atom is 0.586 e. The molecule has 1 aromatic carbocycles. The van der Waals surface area contributed by atoms with Crippen LogP contribution in [-0.2, 0) is 11.8 Å². The summed E-state index contributed by atoms with van der Waals surface area (Å²) in [4.78, 5) is 0. The fraction of sp³-hybridized carbons (Fsp3) is 0.538. The zero-order valence-electron chi connectivity index (χ0n) is 10.7. The van der Waals surface area contributed by atoms with Crippen molar-refractivity contribution in [1.29, 1.82) is 0 Å². The molecule has 0 aromatic heterocycles. The summed E-state index contributed by atoms with van der Waals surface area (Å²) in [6.07, 6.45) is -2.98. The Morgan fingerprint density at radius 3 is 2.39 bits per heavy atom. The van der Waals surface area contributed by atoms with Crippen LogP contribution in [-0.4, -0.2) is 6.29 Å². The second-order valence-corrected chi connectivity index (χ2v) is 5.69. The summed E-state index contributed by atoms with van der Waals surface area (Å²) in [7, 11) is 0. The van der Waals surface area contributed by atoms with Gasteiger partial charge in [0, 0.05) is 0 Å². The van der Waals surface area contributed by atoms with Gasteiger partial charge in [-0.05, 0) is 29.0 Å². The standard InChI is InChI=1S/C13H15ClF2O2/c1-5-7-8(12(2,3)4)6-9-11(10(7)14)18-13(15,16)17-9/h6H,5H2,1-4H3. The van der Waals surface area contributed by atoms with Gasteiger partial charge in [-0.15, -0.1) is 8.78 Å². The molecule has 2 nitrogen and oxygen atoms in total. The monoisotopic (exact) mass is 276 g/mol. The fourth-order valence-corrected chi connectivity index (χ4v) is 2.47. The van der Waals surface area contributed by atoms with Crippen LogP contribution in [0.3, 0.4) is 0 Å². The molecule has 2 rings (SSSR count). The Balaban J connectivity index is 2.64. The molecule has 0 N–H and O–H groups in total. The minimum absolute atomic E-state index is 0.00660. The molecule has 0 saturated heterocycles. The predicted molar refractivity (Wildman–Crippen MR) is 65.7 cm³/mol. The first-order valence-corrected chi connectivity index (χ1v) is 6.15. The highest BCUT2D eigenvalue weighted by Gasteiger charge is 2.45. The number of hydrogen-bond donors (Lipinski definition) is 0. The largest absolute Gasteiger partial charge is 0.586 e. The fourth-order valence-electron chi connectivity index (χ4n) is 2.10. The van der Waals surface area contributed by atoms with E-state index in [0.717, 1.165) is 11.1 Å². The van der Waals surface area contributed by atoms with Crippen LogP contribution in [0.5, 0.6) is 11.5 Å². The molecule has 0 saturated carbocycles. The molecule has 0 bridgehead atoms. The molecule has 100 valence electrons. The molecule has 0 fully saturated rings. The first kappa shape index (κ1) is 13.4. The SMILES string of the molecule is CCc1c(C(C)(C)C)cc2c(c1Cl)OC(F)(F)O2. The van der Waals surface area contributed by atoms with E-state index in [9.17, 15) is 8.78 Å². The van der Waals surface area contributed by atoms with Gasteiger partial charge in [-0.3, -0.25) is 0 Å². The van der Waals surface area contributed by atoms with Gasteiger partial charge in [0.1, 0.15) is 0 Å². The predicted octanol–water partition coefficient (Wildman–Crippen LogP) is 4.52. The molecule has 18 heavy (non-hydrogen) atoms. The molecule has 0 radical (unpaired) electrons. The third-order valence-corrected chi connectivity index (χ3v) is 3.30. The van der Waals surface area contributed by atoms with E-state index in [2.05, 4.69) is 9.47 Å². The minimum atomic E-state index is -3.63. The summed E-state index contributed by atoms with van der Waals surface area (Å²) in [6, 6.07) is 1.60. The maximum atomic E-state index is 13.1. The average Bonchev–Trinajstić information content (AvgIpc) is 2.51. The Hall–Kier alpha value is -1.03. The molecule has 0 aliphatic carbocycles. The van der Waals surface area contributed by atoms with Crippen LogP contribution >= 0.6 is 11.6 Å². The number of benzene rings is 1. The van der Waals surface area contributed by atoms with Crippen molar-refractivity contribution in [3.05, 3.63) is 22.2 Å². The molecule has 5 heteroatoms. The summed E-state index contributed by atoms with van der Waals surface area (Å²) in [6.45, 7) is 7.92. The minimum Gasteiger partial charge on any atom is -0.395 e. The van der Waals surface area contributed by atoms with E-state index >= 15 is 0 Å². The lowest BCUT2D eigenvalue weighted by atomic mass is 9.82. The van der Waals surface area contributed by atoms with E-state index in [-0.39, 0.29) is 21.9 Å². The quantitative estimate of drug-likeness (QED) is 0.751. The van der Waals surface area contributed by atoms with Crippen molar-refractivity contribution >= 4 is 11.6 Å². The van der Waals surface area contributed by atoms with Crippen molar-refractivity contribution < 1.29 is 18.3 Å². The summed E-state index contributed by atoms with van der Waals surface area (Å²) in [5.74, 6) is -0.0568. The third-order valence-electron chi connectivity index (χ3n) is 2.90. The third kappa shape index (κ3) is 2.14. The van der Waals surface area contributed by atoms with E-state index in [1.807, 2.05) is 27.7 Å². The van der Waals surface area contributed by atoms with Gasteiger partial charge in [0.2, 0.25) is 0 Å². The summed E-state index contributed by atoms with van der Waals surface area (Å²) < 4.78 is 35.1. The highest BCUT2D eigenvalue weighted by Crippen LogP contribution is 2.50. The molecule has 1 aliphatic heterocycles. The van der Waals surface area contributed by atoms with Crippen LogP contribution in [0.2, 0.25) is 5.02 Å². The van der Waals surface area contributed by atoms with E-state index in [1.165, 1.54) is 0 Å². The smallest absolute Gasteiger partial charge is 0.395 e. The van der Waals surface area contributed by atoms with Crippen molar-refractivity contribution in [1.82, 2.24) is 0 Å². The van der Waals surface area contributed by atoms with E-state index < -0.39 is 6.29 Å². The Labute approximate surface area is 110 Å². The van der Waals surface area contributed by atoms with Crippen LogP contribution in [0.4, 0.5) is 8.78 Å². The molecular weight excluding hydrogens is 262 g/mol. The van der Waals surface area contributed by atoms with Crippen LogP contribution in [0, 0.1) is 0 Å². The lowest BCUT2D eigenvalue weighted by molar-refractivity contribution is -0.286. The van der Waals surface area contributed by atoms with Crippen molar-refractivity contribution in [3.8, 4) is 11.5 Å². The number of hydrogen-bond acceptors (Lipinski definition) is 2. The second-order valence-electron chi connectivity index (χ2n) is 5.31. The van der Waals surface area contributed by atoms with Gasteiger partial charge in [0.25, 0.3) is 0 Å². The van der Waals surface area contributed by atoms with Gasteiger partial charge in [-0.1, -0.05) is 39.3 Å². The molecule has 1 aliphatic rings. The van der Waals surface area contributed by atoms with Crippen LogP contribution in [0.15, 0.2) is 6.07 Å². The molecule has 0 atom stereocenters. The molecular formula is C13H15ClF2O2. The lowest BCUT2D eigenvalue weighted by Crippen LogP contribution is -2.26. The molecule has 0 unspecified atom stereocenters. The van der Waals surface area contributed by atoms with Gasteiger partial charge in [0.15, 0.2) is 11.5 Å². The molecule has 1 aromatic rings. The second kappa shape index (κ2) is 3.98. The highest BCUT2D eigenvalue weighted by molar-refractivity contribution is 6.33. The Morgan fingerprint density at radius 1 is 1.28 bits per heavy atom. The summed E-state index contributed by atoms with van der Waals surface area (Å²) in [5, 5.41) is 0.220. The average molecular weight is 277 g/mol. The maximum absolute atomic E-state index is 13.1. The number of fused-ring (bicyclic) bond motifs is 1. The molecule has 0 spiro atoms. The Morgan fingerprint density at radius 2 is 1.89 bits per heavy atom. The summed E-state index contributed by atoms with van der Waals surface area (Å²) >= 11 is 6.15. The topological polar surface area (TPSA) is 18.5 Å². The van der Waals surface area contributed by atoms with Gasteiger partial charge in [-0.2, -0.15) is 0 Å². The summed E-state index contributed by atoms with van der Waals surface area (Å²) in [5.41, 5.74) is 1.52. The normalized spacial score (nSPS) is 17.1. The van der Waals surface area contributed by atoms with Crippen molar-refractivity contribution in [2.24, 2.45) is 0 Å². The number of halogens is 3. The number of rotatable bonds is 1. The van der Waals surface area contributed by atoms with Crippen LogP contribution in [0.25, 0.3) is 0 Å². The number of ether oxygens (including phenoxy) is 2. The van der Waals surface area contributed by atoms with Crippen molar-refractivity contribution in [3.63, 3.8) is 0 Å². The van der Waals surface area contributed by atoms with Crippen molar-refractivity contribution in [2.45, 2.75) is 45.8 Å².